The van der Waals surface area contributed by atoms with Gasteiger partial charge in [0.1, 0.15) is 11.4 Å². The van der Waals surface area contributed by atoms with Gasteiger partial charge in [-0.3, -0.25) is 9.59 Å². The Morgan fingerprint density at radius 3 is 2.71 bits per heavy atom. The van der Waals surface area contributed by atoms with Crippen molar-refractivity contribution in [2.75, 3.05) is 23.5 Å². The van der Waals surface area contributed by atoms with E-state index in [1.54, 1.807) is 0 Å². The molecule has 0 aliphatic heterocycles. The largest absolute Gasteiger partial charge is 0.491 e. The monoisotopic (exact) mass is 417 g/mol. The topological polar surface area (TPSA) is 112 Å². The summed E-state index contributed by atoms with van der Waals surface area (Å²) in [5.41, 5.74) is -1.49. The first-order valence-electron chi connectivity index (χ1n) is 8.11. The number of amides is 1. The lowest BCUT2D eigenvalue weighted by atomic mass is 10.1. The van der Waals surface area contributed by atoms with Gasteiger partial charge < -0.3 is 15.9 Å². The molecule has 12 heteroatoms. The number of benzene rings is 1. The molecule has 2 rings (SSSR count). The fourth-order valence-electron chi connectivity index (χ4n) is 2.03. The quantitative estimate of drug-likeness (QED) is 0.525. The first kappa shape index (κ1) is 21.5. The van der Waals surface area contributed by atoms with Gasteiger partial charge in [-0.15, -0.1) is 10.2 Å². The summed E-state index contributed by atoms with van der Waals surface area (Å²) in [5, 5.41) is 9.73. The van der Waals surface area contributed by atoms with Crippen LogP contribution >= 0.6 is 11.8 Å². The van der Waals surface area contributed by atoms with E-state index in [9.17, 15) is 22.8 Å². The second kappa shape index (κ2) is 8.95. The molecule has 2 aromatic rings. The van der Waals surface area contributed by atoms with Crippen LogP contribution in [0.1, 0.15) is 24.6 Å². The van der Waals surface area contributed by atoms with E-state index >= 15 is 0 Å². The number of rotatable bonds is 7. The molecule has 1 aromatic heterocycles. The Morgan fingerprint density at radius 1 is 1.36 bits per heavy atom. The molecule has 0 radical (unpaired) electrons. The van der Waals surface area contributed by atoms with Gasteiger partial charge in [-0.1, -0.05) is 18.7 Å². The van der Waals surface area contributed by atoms with E-state index in [4.69, 9.17) is 10.6 Å². The highest BCUT2D eigenvalue weighted by Gasteiger charge is 2.31. The second-order valence-corrected chi connectivity index (χ2v) is 6.58. The fraction of sp³-hybridized carbons (Fsp3) is 0.375. The first-order chi connectivity index (χ1) is 13.1. The minimum atomic E-state index is -4.56. The van der Waals surface area contributed by atoms with E-state index < -0.39 is 23.2 Å². The van der Waals surface area contributed by atoms with Gasteiger partial charge in [0.15, 0.2) is 0 Å². The molecule has 0 fully saturated rings. The zero-order valence-electron chi connectivity index (χ0n) is 15.0. The summed E-state index contributed by atoms with van der Waals surface area (Å²) < 4.78 is 45.0. The Hall–Kier alpha value is -2.76. The van der Waals surface area contributed by atoms with Crippen molar-refractivity contribution in [3.63, 3.8) is 0 Å². The van der Waals surface area contributed by atoms with E-state index in [0.717, 1.165) is 34.6 Å². The van der Waals surface area contributed by atoms with E-state index in [1.165, 1.54) is 6.92 Å². The number of nitrogens with zero attached hydrogens (tertiary/aromatic N) is 3. The smallest absolute Gasteiger partial charge is 0.416 e. The van der Waals surface area contributed by atoms with Gasteiger partial charge in [0.2, 0.25) is 11.1 Å². The third kappa shape index (κ3) is 5.38. The van der Waals surface area contributed by atoms with Crippen LogP contribution in [0.4, 0.5) is 18.9 Å². The van der Waals surface area contributed by atoms with Crippen LogP contribution in [-0.4, -0.2) is 33.1 Å². The van der Waals surface area contributed by atoms with Gasteiger partial charge in [0.05, 0.1) is 23.6 Å². The SMILES string of the molecule is CCCOc1ccc(C(F)(F)F)cc1NC(=O)CSc1nnc(C)c(=O)n1N. The molecular weight excluding hydrogens is 399 g/mol. The summed E-state index contributed by atoms with van der Waals surface area (Å²) >= 11 is 0.820. The summed E-state index contributed by atoms with van der Waals surface area (Å²) in [6, 6.07) is 2.84. The molecule has 1 amide bonds. The molecule has 1 aromatic carbocycles. The lowest BCUT2D eigenvalue weighted by Gasteiger charge is -2.15. The maximum absolute atomic E-state index is 13.0. The van der Waals surface area contributed by atoms with Crippen molar-refractivity contribution in [1.29, 1.82) is 0 Å². The molecule has 0 unspecified atom stereocenters. The van der Waals surface area contributed by atoms with Crippen LogP contribution in [-0.2, 0) is 11.0 Å². The molecule has 152 valence electrons. The number of ether oxygens (including phenoxy) is 1. The third-order valence-corrected chi connectivity index (χ3v) is 4.34. The van der Waals surface area contributed by atoms with Crippen molar-refractivity contribution in [3.8, 4) is 5.75 Å². The summed E-state index contributed by atoms with van der Waals surface area (Å²) in [4.78, 5) is 23.9. The summed E-state index contributed by atoms with van der Waals surface area (Å²) in [7, 11) is 0. The molecule has 0 bridgehead atoms. The van der Waals surface area contributed by atoms with E-state index in [-0.39, 0.29) is 34.6 Å². The number of carbonyl (C=O) groups excluding carboxylic acids is 1. The van der Waals surface area contributed by atoms with Crippen LogP contribution in [0.5, 0.6) is 5.75 Å². The van der Waals surface area contributed by atoms with Gasteiger partial charge in [-0.05, 0) is 31.5 Å². The number of carbonyl (C=O) groups is 1. The van der Waals surface area contributed by atoms with E-state index in [2.05, 4.69) is 15.5 Å². The zero-order chi connectivity index (χ0) is 20.9. The van der Waals surface area contributed by atoms with Gasteiger partial charge in [0, 0.05) is 0 Å². The fourth-order valence-corrected chi connectivity index (χ4v) is 2.68. The molecule has 0 aliphatic rings. The minimum absolute atomic E-state index is 0.00255. The average molecular weight is 417 g/mol. The van der Waals surface area contributed by atoms with Gasteiger partial charge in [0.25, 0.3) is 5.56 Å². The highest BCUT2D eigenvalue weighted by atomic mass is 32.2. The molecular formula is C16H18F3N5O3S. The number of thioether (sulfide) groups is 1. The van der Waals surface area contributed by atoms with E-state index in [1.807, 2.05) is 6.92 Å². The number of hydrogen-bond donors (Lipinski definition) is 2. The van der Waals surface area contributed by atoms with Gasteiger partial charge >= 0.3 is 6.18 Å². The highest BCUT2D eigenvalue weighted by molar-refractivity contribution is 7.99. The highest BCUT2D eigenvalue weighted by Crippen LogP contribution is 2.35. The molecule has 0 aliphatic carbocycles. The standard InChI is InChI=1S/C16H18F3N5O3S/c1-3-6-27-12-5-4-10(16(17,18)19)7-11(12)21-13(25)8-28-15-23-22-9(2)14(26)24(15)20/h4-5,7H,3,6,8,20H2,1-2H3,(H,21,25). The number of alkyl halides is 3. The van der Waals surface area contributed by atoms with Crippen LogP contribution < -0.4 is 21.5 Å². The molecule has 0 spiro atoms. The number of aromatic nitrogens is 3. The van der Waals surface area contributed by atoms with Crippen molar-refractivity contribution in [2.45, 2.75) is 31.6 Å². The van der Waals surface area contributed by atoms with Crippen molar-refractivity contribution < 1.29 is 22.7 Å². The Labute approximate surface area is 162 Å². The first-order valence-corrected chi connectivity index (χ1v) is 9.10. The zero-order valence-corrected chi connectivity index (χ0v) is 15.9. The van der Waals surface area contributed by atoms with Crippen molar-refractivity contribution in [2.24, 2.45) is 0 Å². The maximum Gasteiger partial charge on any atom is 0.416 e. The lowest BCUT2D eigenvalue weighted by molar-refractivity contribution is -0.137. The Morgan fingerprint density at radius 2 is 2.07 bits per heavy atom. The predicted molar refractivity (Wildman–Crippen MR) is 97.8 cm³/mol. The number of halogens is 3. The lowest BCUT2D eigenvalue weighted by Crippen LogP contribution is -2.32. The molecule has 28 heavy (non-hydrogen) atoms. The van der Waals surface area contributed by atoms with E-state index in [0.29, 0.717) is 6.42 Å². The summed E-state index contributed by atoms with van der Waals surface area (Å²) in [5.74, 6) is 4.82. The molecule has 3 N–H and O–H groups in total. The Balaban J connectivity index is 2.15. The summed E-state index contributed by atoms with van der Waals surface area (Å²) in [6.45, 7) is 3.56. The molecule has 0 saturated carbocycles. The number of nitrogens with two attached hydrogens (primary N) is 1. The predicted octanol–water partition coefficient (Wildman–Crippen LogP) is 2.20. The Kier molecular flexibility index (Phi) is 6.89. The number of nitrogen functional groups attached to an aromatic ring is 1. The van der Waals surface area contributed by atoms with Crippen LogP contribution in [0.15, 0.2) is 28.2 Å². The number of anilines is 1. The number of hydrogen-bond acceptors (Lipinski definition) is 7. The van der Waals surface area contributed by atoms with Gasteiger partial charge in [-0.25, -0.2) is 0 Å². The minimum Gasteiger partial charge on any atom is -0.491 e. The normalized spacial score (nSPS) is 11.3. The molecule has 1 heterocycles. The van der Waals surface area contributed by atoms with Crippen molar-refractivity contribution >= 4 is 23.4 Å². The van der Waals surface area contributed by atoms with Crippen molar-refractivity contribution in [1.82, 2.24) is 14.9 Å². The van der Waals surface area contributed by atoms with Crippen LogP contribution in [0.25, 0.3) is 0 Å². The Bertz CT molecular complexity index is 917. The molecule has 8 nitrogen and oxygen atoms in total. The third-order valence-electron chi connectivity index (χ3n) is 3.39. The van der Waals surface area contributed by atoms with Gasteiger partial charge in [-0.2, -0.15) is 17.8 Å². The van der Waals surface area contributed by atoms with Crippen LogP contribution in [0, 0.1) is 6.92 Å². The second-order valence-electron chi connectivity index (χ2n) is 5.64. The molecule has 0 saturated heterocycles. The number of nitrogens with one attached hydrogen (secondary N) is 1. The van der Waals surface area contributed by atoms with Crippen LogP contribution in [0.2, 0.25) is 0 Å². The summed E-state index contributed by atoms with van der Waals surface area (Å²) in [6.07, 6.45) is -3.92. The maximum atomic E-state index is 13.0. The number of aryl methyl sites for hydroxylation is 1. The van der Waals surface area contributed by atoms with Crippen molar-refractivity contribution in [3.05, 3.63) is 39.8 Å². The average Bonchev–Trinajstić information content (AvgIpc) is 2.63. The molecule has 0 atom stereocenters. The van der Waals surface area contributed by atoms with Crippen LogP contribution in [0.3, 0.4) is 0 Å².